The highest BCUT2D eigenvalue weighted by molar-refractivity contribution is 6.03. The fraction of sp³-hybridized carbons (Fsp3) is 0.250. The molecule has 0 unspecified atom stereocenters. The van der Waals surface area contributed by atoms with Gasteiger partial charge in [-0.25, -0.2) is 9.59 Å². The van der Waals surface area contributed by atoms with Gasteiger partial charge in [0.1, 0.15) is 17.2 Å². The smallest absolute Gasteiger partial charge is 0.339 e. The molecule has 26 heavy (non-hydrogen) atoms. The highest BCUT2D eigenvalue weighted by atomic mass is 16.6. The Morgan fingerprint density at radius 1 is 1.04 bits per heavy atom. The third-order valence-electron chi connectivity index (χ3n) is 3.75. The van der Waals surface area contributed by atoms with Gasteiger partial charge in [0.15, 0.2) is 0 Å². The molecule has 1 aliphatic heterocycles. The SMILES string of the molecule is COC(=O)c1c(C(=O)OC(C)(C)C)ccc2c1=c1ccccc1=NOC=2. The van der Waals surface area contributed by atoms with E-state index in [1.165, 1.54) is 19.4 Å². The molecule has 0 spiro atoms. The fourth-order valence-corrected chi connectivity index (χ4v) is 2.73. The number of rotatable bonds is 2. The molecular formula is C20H19NO5. The number of hydrogen-bond donors (Lipinski definition) is 0. The van der Waals surface area contributed by atoms with Crippen molar-refractivity contribution in [2.75, 3.05) is 7.11 Å². The van der Waals surface area contributed by atoms with Gasteiger partial charge in [-0.15, -0.1) is 0 Å². The van der Waals surface area contributed by atoms with Crippen LogP contribution in [0.25, 0.3) is 6.26 Å². The number of carbonyl (C=O) groups excluding carboxylic acids is 2. The predicted molar refractivity (Wildman–Crippen MR) is 93.4 cm³/mol. The maximum Gasteiger partial charge on any atom is 0.339 e. The lowest BCUT2D eigenvalue weighted by Crippen LogP contribution is -2.27. The molecule has 3 rings (SSSR count). The highest BCUT2D eigenvalue weighted by Gasteiger charge is 2.25. The number of benzene rings is 2. The maximum atomic E-state index is 12.7. The molecule has 2 aromatic rings. The van der Waals surface area contributed by atoms with Crippen LogP contribution in [0.1, 0.15) is 41.5 Å². The third-order valence-corrected chi connectivity index (χ3v) is 3.75. The van der Waals surface area contributed by atoms with E-state index in [2.05, 4.69) is 5.16 Å². The standard InChI is InChI=1S/C20H19NO5/c1-20(2,3)26-18(22)14-10-9-12-11-25-21-15-8-6-5-7-13(15)16(12)17(14)19(23)24-4/h5-11H,1-4H3. The van der Waals surface area contributed by atoms with Crippen LogP contribution in [0.15, 0.2) is 41.6 Å². The van der Waals surface area contributed by atoms with E-state index in [1.807, 2.05) is 18.2 Å². The normalized spacial score (nSPS) is 12.3. The average Bonchev–Trinajstić information content (AvgIpc) is 2.78. The zero-order valence-electron chi connectivity index (χ0n) is 15.0. The number of ether oxygens (including phenoxy) is 2. The van der Waals surface area contributed by atoms with Crippen molar-refractivity contribution < 1.29 is 23.9 Å². The van der Waals surface area contributed by atoms with Gasteiger partial charge in [0.2, 0.25) is 0 Å². The molecular weight excluding hydrogens is 334 g/mol. The van der Waals surface area contributed by atoms with Crippen molar-refractivity contribution in [3.63, 3.8) is 0 Å². The number of carbonyl (C=O) groups is 2. The van der Waals surface area contributed by atoms with Crippen LogP contribution in [0, 0.1) is 10.4 Å². The summed E-state index contributed by atoms with van der Waals surface area (Å²) in [4.78, 5) is 30.5. The number of methoxy groups -OCH3 is 1. The van der Waals surface area contributed by atoms with Crippen LogP contribution in [0.3, 0.4) is 0 Å². The van der Waals surface area contributed by atoms with E-state index in [9.17, 15) is 9.59 Å². The molecule has 2 aromatic carbocycles. The number of nitrogens with zero attached hydrogens (tertiary/aromatic N) is 1. The molecule has 6 heteroatoms. The van der Waals surface area contributed by atoms with Gasteiger partial charge in [-0.3, -0.25) is 0 Å². The first-order valence-corrected chi connectivity index (χ1v) is 8.10. The Labute approximate surface area is 150 Å². The molecule has 0 bridgehead atoms. The van der Waals surface area contributed by atoms with Crippen LogP contribution in [-0.4, -0.2) is 24.6 Å². The summed E-state index contributed by atoms with van der Waals surface area (Å²) in [7, 11) is 1.27. The van der Waals surface area contributed by atoms with Gasteiger partial charge in [-0.1, -0.05) is 29.4 Å². The molecule has 0 amide bonds. The van der Waals surface area contributed by atoms with Gasteiger partial charge in [0.05, 0.1) is 18.2 Å². The van der Waals surface area contributed by atoms with Gasteiger partial charge in [-0.2, -0.15) is 0 Å². The van der Waals surface area contributed by atoms with Crippen molar-refractivity contribution in [1.82, 2.24) is 0 Å². The second kappa shape index (κ2) is 6.63. The summed E-state index contributed by atoms with van der Waals surface area (Å²) in [5.74, 6) is -1.23. The lowest BCUT2D eigenvalue weighted by Gasteiger charge is -2.20. The van der Waals surface area contributed by atoms with Crippen LogP contribution in [0.2, 0.25) is 0 Å². The third kappa shape index (κ3) is 3.31. The maximum absolute atomic E-state index is 12.7. The van der Waals surface area contributed by atoms with Crippen LogP contribution in [0.4, 0.5) is 0 Å². The first kappa shape index (κ1) is 17.7. The van der Waals surface area contributed by atoms with Crippen molar-refractivity contribution in [2.24, 2.45) is 5.16 Å². The summed E-state index contributed by atoms with van der Waals surface area (Å²) in [6.07, 6.45) is 1.43. The Hall–Kier alpha value is -3.15. The molecule has 0 aliphatic carbocycles. The molecule has 1 heterocycles. The molecule has 0 saturated carbocycles. The quantitative estimate of drug-likeness (QED) is 0.772. The minimum Gasteiger partial charge on any atom is -0.465 e. The first-order valence-electron chi connectivity index (χ1n) is 8.10. The molecule has 0 aromatic heterocycles. The van der Waals surface area contributed by atoms with Crippen molar-refractivity contribution in [1.29, 1.82) is 0 Å². The van der Waals surface area contributed by atoms with Crippen LogP contribution < -0.4 is 10.6 Å². The highest BCUT2D eigenvalue weighted by Crippen LogP contribution is 2.17. The Balaban J connectivity index is 2.48. The van der Waals surface area contributed by atoms with Gasteiger partial charge in [0.25, 0.3) is 0 Å². The predicted octanol–water partition coefficient (Wildman–Crippen LogP) is 2.02. The van der Waals surface area contributed by atoms with E-state index in [4.69, 9.17) is 14.3 Å². The van der Waals surface area contributed by atoms with E-state index in [0.717, 1.165) is 0 Å². The van der Waals surface area contributed by atoms with E-state index in [1.54, 1.807) is 32.9 Å². The van der Waals surface area contributed by atoms with Crippen LogP contribution in [-0.2, 0) is 14.3 Å². The second-order valence-corrected chi connectivity index (χ2v) is 6.78. The van der Waals surface area contributed by atoms with Crippen molar-refractivity contribution >= 4 is 18.2 Å². The summed E-state index contributed by atoms with van der Waals surface area (Å²) < 4.78 is 10.4. The van der Waals surface area contributed by atoms with Gasteiger partial charge in [0, 0.05) is 15.7 Å². The number of hydrogen-bond acceptors (Lipinski definition) is 6. The largest absolute Gasteiger partial charge is 0.465 e. The first-order chi connectivity index (χ1) is 12.3. The Bertz CT molecular complexity index is 1100. The Morgan fingerprint density at radius 2 is 1.77 bits per heavy atom. The molecule has 0 N–H and O–H groups in total. The van der Waals surface area contributed by atoms with Crippen molar-refractivity contribution in [2.45, 2.75) is 26.4 Å². The van der Waals surface area contributed by atoms with Gasteiger partial charge >= 0.3 is 11.9 Å². The molecule has 0 radical (unpaired) electrons. The molecule has 6 nitrogen and oxygen atoms in total. The lowest BCUT2D eigenvalue weighted by atomic mass is 10.0. The van der Waals surface area contributed by atoms with Crippen molar-refractivity contribution in [3.8, 4) is 0 Å². The summed E-state index contributed by atoms with van der Waals surface area (Å²) in [6, 6.07) is 10.4. The van der Waals surface area contributed by atoms with E-state index < -0.39 is 17.5 Å². The molecule has 1 aliphatic rings. The Morgan fingerprint density at radius 3 is 2.46 bits per heavy atom. The lowest BCUT2D eigenvalue weighted by molar-refractivity contribution is 0.00650. The molecule has 0 atom stereocenters. The van der Waals surface area contributed by atoms with E-state index in [-0.39, 0.29) is 11.1 Å². The zero-order chi connectivity index (χ0) is 18.9. The van der Waals surface area contributed by atoms with E-state index >= 15 is 0 Å². The van der Waals surface area contributed by atoms with Crippen LogP contribution in [0.5, 0.6) is 0 Å². The Kier molecular flexibility index (Phi) is 4.50. The van der Waals surface area contributed by atoms with Crippen LogP contribution >= 0.6 is 0 Å². The van der Waals surface area contributed by atoms with Gasteiger partial charge < -0.3 is 14.3 Å². The summed E-state index contributed by atoms with van der Waals surface area (Å²) in [5.41, 5.74) is -0.431. The summed E-state index contributed by atoms with van der Waals surface area (Å²) in [6.45, 7) is 5.30. The topological polar surface area (TPSA) is 74.2 Å². The minimum atomic E-state index is -0.695. The molecule has 0 saturated heterocycles. The fourth-order valence-electron chi connectivity index (χ4n) is 2.73. The number of esters is 2. The molecule has 0 fully saturated rings. The van der Waals surface area contributed by atoms with Crippen molar-refractivity contribution in [3.05, 3.63) is 68.5 Å². The second-order valence-electron chi connectivity index (χ2n) is 6.78. The molecule has 134 valence electrons. The van der Waals surface area contributed by atoms with E-state index in [0.29, 0.717) is 21.0 Å². The summed E-state index contributed by atoms with van der Waals surface area (Å²) in [5, 5.41) is 6.40. The number of fused-ring (bicyclic) bond motifs is 2. The minimum absolute atomic E-state index is 0.128. The zero-order valence-corrected chi connectivity index (χ0v) is 15.0. The monoisotopic (exact) mass is 353 g/mol. The summed E-state index contributed by atoms with van der Waals surface area (Å²) >= 11 is 0. The average molecular weight is 353 g/mol. The van der Waals surface area contributed by atoms with Gasteiger partial charge in [-0.05, 0) is 32.9 Å².